The van der Waals surface area contributed by atoms with Gasteiger partial charge in [-0.15, -0.1) is 0 Å². The van der Waals surface area contributed by atoms with Crippen molar-refractivity contribution in [1.29, 1.82) is 5.26 Å². The van der Waals surface area contributed by atoms with E-state index in [-0.39, 0.29) is 0 Å². The van der Waals surface area contributed by atoms with Crippen molar-refractivity contribution in [2.45, 2.75) is 13.8 Å². The molecule has 82 heavy (non-hydrogen) atoms. The summed E-state index contributed by atoms with van der Waals surface area (Å²) in [6.07, 6.45) is 0. The van der Waals surface area contributed by atoms with Crippen molar-refractivity contribution in [3.05, 3.63) is 279 Å². The predicted molar refractivity (Wildman–Crippen MR) is 346 cm³/mol. The number of hydrogen-bond donors (Lipinski definition) is 0. The number of halogens is 1. The molecule has 0 saturated carbocycles. The lowest BCUT2D eigenvalue weighted by Crippen LogP contribution is -1.93. The molecule has 0 aliphatic heterocycles. The molecule has 0 bridgehead atoms. The number of fused-ring (bicyclic) bond motifs is 8. The molecule has 1 nitrogen and oxygen atoms in total. The highest BCUT2D eigenvalue weighted by molar-refractivity contribution is 6.31. The Labute approximate surface area is 478 Å². The summed E-state index contributed by atoms with van der Waals surface area (Å²) in [5.74, 6) is 0. The summed E-state index contributed by atoms with van der Waals surface area (Å²) in [5, 5.41) is 19.9. The number of rotatable bonds is 7. The maximum Gasteiger partial charge on any atom is 0.0991 e. The van der Waals surface area contributed by atoms with Crippen molar-refractivity contribution < 1.29 is 4.39 Å². The summed E-state index contributed by atoms with van der Waals surface area (Å²) < 4.78 is 9.50. The van der Waals surface area contributed by atoms with Crippen LogP contribution in [0.1, 0.15) is 19.4 Å². The third kappa shape index (κ3) is 7.73. The number of alkyl halides is 1. The van der Waals surface area contributed by atoms with Crippen molar-refractivity contribution in [3.63, 3.8) is 0 Å². The van der Waals surface area contributed by atoms with Crippen LogP contribution in [0.15, 0.2) is 273 Å². The summed E-state index contributed by atoms with van der Waals surface area (Å²) in [7, 11) is 0.500. The van der Waals surface area contributed by atoms with E-state index in [1.807, 2.05) is 26.0 Å². The first-order valence-electron chi connectivity index (χ1n) is 28.3. The SMILES string of the molecule is CC.CF.N#Cc1ccc(-c2cc(-c3ccc4c5c(cccc35)-c3c-4c(-c4ccccc4)c4ccccc4c3-c3ccccc3)cc(-c3ccc4c5c(cccc35)-c3c-4c(-c4ccccc4)c4ccccc4c3-c3ccccc3)c2)cc1. The van der Waals surface area contributed by atoms with Crippen LogP contribution < -0.4 is 0 Å². The molecular formula is C80H54FN. The summed E-state index contributed by atoms with van der Waals surface area (Å²) in [4.78, 5) is 0. The highest BCUT2D eigenvalue weighted by Crippen LogP contribution is 2.61. The smallest absolute Gasteiger partial charge is 0.0991 e. The van der Waals surface area contributed by atoms with Crippen LogP contribution in [0.5, 0.6) is 0 Å². The fourth-order valence-corrected chi connectivity index (χ4v) is 13.6. The molecule has 0 N–H and O–H groups in total. The second-order valence-corrected chi connectivity index (χ2v) is 20.8. The van der Waals surface area contributed by atoms with Crippen molar-refractivity contribution in [2.75, 3.05) is 7.18 Å². The van der Waals surface area contributed by atoms with Gasteiger partial charge in [-0.05, 0) is 196 Å². The van der Waals surface area contributed by atoms with Crippen LogP contribution in [0, 0.1) is 11.3 Å². The maximum absolute atomic E-state index is 9.90. The molecule has 0 fully saturated rings. The van der Waals surface area contributed by atoms with Gasteiger partial charge in [-0.3, -0.25) is 4.39 Å². The van der Waals surface area contributed by atoms with E-state index >= 15 is 0 Å². The van der Waals surface area contributed by atoms with Crippen molar-refractivity contribution in [1.82, 2.24) is 0 Å². The fourth-order valence-electron chi connectivity index (χ4n) is 13.6. The second kappa shape index (κ2) is 20.6. The number of benzene rings is 14. The Kier molecular flexibility index (Phi) is 12.5. The van der Waals surface area contributed by atoms with Crippen LogP contribution in [-0.4, -0.2) is 7.18 Å². The Morgan fingerprint density at radius 3 is 0.841 bits per heavy atom. The minimum atomic E-state index is 0.500. The average Bonchev–Trinajstić information content (AvgIpc) is 2.45. The van der Waals surface area contributed by atoms with E-state index in [4.69, 9.17) is 0 Å². The molecule has 2 heteroatoms. The molecule has 14 aromatic rings. The van der Waals surface area contributed by atoms with Gasteiger partial charge in [0.05, 0.1) is 18.8 Å². The standard InChI is InChI=1S/C77H45N.C2H6.CH3F/c78-46-47-35-37-48(38-36-47)53-43-54(56-39-41-66-72-58(56)31-17-33-64(72)74-68(49-19-5-1-6-20-49)60-27-13-15-29-62(60)70(76(66)74)51-23-9-3-10-24-51)45-55(44-53)57-40-42-67-73-59(57)32-18-34-65(73)75-69(50-21-7-2-8-22-50)61-28-14-16-30-63(61)71(77(67)75)52-25-11-4-12-26-52;2*1-2/h1-45H;1-2H3;1H3. The average molecular weight is 1050 g/mol. The summed E-state index contributed by atoms with van der Waals surface area (Å²) >= 11 is 0. The first-order valence-corrected chi connectivity index (χ1v) is 28.3. The lowest BCUT2D eigenvalue weighted by molar-refractivity contribution is 0.636. The molecule has 14 aromatic carbocycles. The number of nitrogens with zero attached hydrogens (tertiary/aromatic N) is 1. The number of hydrogen-bond acceptors (Lipinski definition) is 1. The van der Waals surface area contributed by atoms with E-state index in [0.29, 0.717) is 12.7 Å². The summed E-state index contributed by atoms with van der Waals surface area (Å²) in [6.45, 7) is 4.00. The predicted octanol–water partition coefficient (Wildman–Crippen LogP) is 22.7. The Morgan fingerprint density at radius 1 is 0.232 bits per heavy atom. The zero-order valence-corrected chi connectivity index (χ0v) is 45.8. The van der Waals surface area contributed by atoms with Gasteiger partial charge in [-0.1, -0.05) is 257 Å². The van der Waals surface area contributed by atoms with Crippen LogP contribution >= 0.6 is 0 Å². The van der Waals surface area contributed by atoms with Gasteiger partial charge in [0.2, 0.25) is 0 Å². The molecule has 0 saturated heterocycles. The van der Waals surface area contributed by atoms with E-state index in [2.05, 4.69) is 267 Å². The third-order valence-corrected chi connectivity index (χ3v) is 16.7. The van der Waals surface area contributed by atoms with Gasteiger partial charge in [0.25, 0.3) is 0 Å². The lowest BCUT2D eigenvalue weighted by atomic mass is 9.82. The zero-order valence-electron chi connectivity index (χ0n) is 45.8. The molecule has 386 valence electrons. The zero-order chi connectivity index (χ0) is 55.4. The first-order chi connectivity index (χ1) is 40.7. The van der Waals surface area contributed by atoms with Gasteiger partial charge in [0, 0.05) is 0 Å². The molecule has 2 aliphatic rings. The van der Waals surface area contributed by atoms with E-state index < -0.39 is 0 Å². The molecule has 0 amide bonds. The topological polar surface area (TPSA) is 23.8 Å². The molecule has 0 aromatic heterocycles. The fraction of sp³-hybridized carbons (Fsp3) is 0.0375. The van der Waals surface area contributed by atoms with Gasteiger partial charge < -0.3 is 0 Å². The molecule has 2 aliphatic carbocycles. The van der Waals surface area contributed by atoms with Crippen LogP contribution in [0.3, 0.4) is 0 Å². The van der Waals surface area contributed by atoms with Crippen molar-refractivity contribution >= 4 is 43.1 Å². The highest BCUT2D eigenvalue weighted by atomic mass is 19.1. The largest absolute Gasteiger partial charge is 0.255 e. The Bertz CT molecular complexity index is 4400. The molecular weight excluding hydrogens is 994 g/mol. The molecule has 0 atom stereocenters. The lowest BCUT2D eigenvalue weighted by Gasteiger charge is -2.20. The first kappa shape index (κ1) is 49.8. The minimum absolute atomic E-state index is 0.500. The molecule has 0 unspecified atom stereocenters. The maximum atomic E-state index is 9.90. The van der Waals surface area contributed by atoms with E-state index in [1.54, 1.807) is 0 Å². The number of nitriles is 1. The van der Waals surface area contributed by atoms with E-state index in [9.17, 15) is 9.65 Å². The van der Waals surface area contributed by atoms with Gasteiger partial charge in [0.15, 0.2) is 0 Å². The van der Waals surface area contributed by atoms with E-state index in [1.165, 1.54) is 143 Å². The van der Waals surface area contributed by atoms with Crippen LogP contribution in [0.4, 0.5) is 4.39 Å². The van der Waals surface area contributed by atoms with Crippen LogP contribution in [0.25, 0.3) is 165 Å². The van der Waals surface area contributed by atoms with Crippen LogP contribution in [0.2, 0.25) is 0 Å². The van der Waals surface area contributed by atoms with Crippen molar-refractivity contribution in [3.8, 4) is 128 Å². The Morgan fingerprint density at radius 2 is 0.512 bits per heavy atom. The van der Waals surface area contributed by atoms with E-state index in [0.717, 1.165) is 22.3 Å². The van der Waals surface area contributed by atoms with Crippen molar-refractivity contribution in [2.24, 2.45) is 0 Å². The molecule has 0 spiro atoms. The van der Waals surface area contributed by atoms with Gasteiger partial charge in [-0.25, -0.2) is 0 Å². The minimum Gasteiger partial charge on any atom is -0.255 e. The summed E-state index contributed by atoms with van der Waals surface area (Å²) in [6, 6.07) is 103. The second-order valence-electron chi connectivity index (χ2n) is 20.8. The molecule has 16 rings (SSSR count). The monoisotopic (exact) mass is 1050 g/mol. The van der Waals surface area contributed by atoms with Gasteiger partial charge >= 0.3 is 0 Å². The Balaban J connectivity index is 0.00000147. The quantitative estimate of drug-likeness (QED) is 0.156. The van der Waals surface area contributed by atoms with Gasteiger partial charge in [-0.2, -0.15) is 5.26 Å². The van der Waals surface area contributed by atoms with Crippen LogP contribution in [-0.2, 0) is 0 Å². The third-order valence-electron chi connectivity index (χ3n) is 16.7. The summed E-state index contributed by atoms with van der Waals surface area (Å²) in [5.41, 5.74) is 27.5. The molecule has 0 heterocycles. The highest BCUT2D eigenvalue weighted by Gasteiger charge is 2.33. The molecule has 0 radical (unpaired) electrons. The Hall–Kier alpha value is -10.5. The normalized spacial score (nSPS) is 11.4. The van der Waals surface area contributed by atoms with Gasteiger partial charge in [0.1, 0.15) is 0 Å².